The number of Topliss-reactive ketones (excluding diaryl/α,β-unsaturated/α-hetero) is 1. The molecule has 0 N–H and O–H groups in total. The first kappa shape index (κ1) is 19.0. The molecule has 3 aromatic rings. The summed E-state index contributed by atoms with van der Waals surface area (Å²) >= 11 is 0. The zero-order chi connectivity index (χ0) is 20.1. The largest absolute Gasteiger partial charge is 0.497 e. The monoisotopic (exact) mass is 381 g/mol. The topological polar surface area (TPSA) is 78.7 Å². The number of methoxy groups -OCH3 is 1. The van der Waals surface area contributed by atoms with Crippen LogP contribution < -0.4 is 9.47 Å². The molecular weight excluding hydrogens is 365 g/mol. The molecule has 0 heterocycles. The van der Waals surface area contributed by atoms with Gasteiger partial charge in [-0.2, -0.15) is 0 Å². The van der Waals surface area contributed by atoms with E-state index in [1.54, 1.807) is 24.3 Å². The molecule has 142 valence electrons. The Hall–Kier alpha value is -3.74. The lowest BCUT2D eigenvalue weighted by Crippen LogP contribution is -2.12. The number of halogens is 1. The summed E-state index contributed by atoms with van der Waals surface area (Å²) in [5, 5.41) is 11.1. The molecule has 0 radical (unpaired) electrons. The summed E-state index contributed by atoms with van der Waals surface area (Å²) in [6.45, 7) is -0.329. The first-order valence-corrected chi connectivity index (χ1v) is 8.32. The number of hydrogen-bond donors (Lipinski definition) is 0. The van der Waals surface area contributed by atoms with Crippen molar-refractivity contribution in [1.29, 1.82) is 0 Å². The third-order valence-electron chi connectivity index (χ3n) is 4.08. The van der Waals surface area contributed by atoms with Crippen molar-refractivity contribution in [1.82, 2.24) is 0 Å². The minimum Gasteiger partial charge on any atom is -0.497 e. The molecule has 6 nitrogen and oxygen atoms in total. The van der Waals surface area contributed by atoms with E-state index in [4.69, 9.17) is 9.47 Å². The molecule has 0 aliphatic rings. The third kappa shape index (κ3) is 4.32. The van der Waals surface area contributed by atoms with Gasteiger partial charge in [-0.15, -0.1) is 0 Å². The van der Waals surface area contributed by atoms with Crippen LogP contribution in [0.5, 0.6) is 11.5 Å². The van der Waals surface area contributed by atoms with E-state index in [1.165, 1.54) is 43.5 Å². The Morgan fingerprint density at radius 3 is 2.46 bits per heavy atom. The zero-order valence-electron chi connectivity index (χ0n) is 14.9. The van der Waals surface area contributed by atoms with E-state index in [0.29, 0.717) is 22.6 Å². The summed E-state index contributed by atoms with van der Waals surface area (Å²) < 4.78 is 24.0. The number of nitrogens with zero attached hydrogens (tertiary/aromatic N) is 1. The van der Waals surface area contributed by atoms with Gasteiger partial charge < -0.3 is 9.47 Å². The Labute approximate surface area is 160 Å². The fourth-order valence-electron chi connectivity index (χ4n) is 2.64. The van der Waals surface area contributed by atoms with Crippen molar-refractivity contribution in [3.8, 4) is 22.6 Å². The molecule has 7 heteroatoms. The van der Waals surface area contributed by atoms with Crippen LogP contribution >= 0.6 is 0 Å². The number of ether oxygens (including phenoxy) is 2. The number of benzene rings is 3. The Morgan fingerprint density at radius 2 is 1.82 bits per heavy atom. The molecule has 0 spiro atoms. The summed E-state index contributed by atoms with van der Waals surface area (Å²) in [5.74, 6) is 0.0251. The van der Waals surface area contributed by atoms with Crippen LogP contribution in [0.25, 0.3) is 11.1 Å². The van der Waals surface area contributed by atoms with Gasteiger partial charge in [-0.1, -0.05) is 24.3 Å². The number of non-ortho nitro benzene ring substituents is 1. The first-order chi connectivity index (χ1) is 13.5. The molecular formula is C21H16FNO5. The summed E-state index contributed by atoms with van der Waals surface area (Å²) in [4.78, 5) is 22.9. The van der Waals surface area contributed by atoms with E-state index in [9.17, 15) is 19.3 Å². The van der Waals surface area contributed by atoms with Crippen molar-refractivity contribution in [3.05, 3.63) is 88.2 Å². The number of hydrogen-bond acceptors (Lipinski definition) is 5. The molecule has 0 bridgehead atoms. The third-order valence-corrected chi connectivity index (χ3v) is 4.08. The Morgan fingerprint density at radius 1 is 1.07 bits per heavy atom. The number of ketones is 1. The molecule has 0 saturated heterocycles. The van der Waals surface area contributed by atoms with E-state index < -0.39 is 16.5 Å². The molecule has 0 saturated carbocycles. The summed E-state index contributed by atoms with van der Waals surface area (Å²) in [6.07, 6.45) is 0. The minimum atomic E-state index is -0.514. The highest BCUT2D eigenvalue weighted by molar-refractivity contribution is 5.97. The molecule has 0 fully saturated rings. The Balaban J connectivity index is 1.89. The lowest BCUT2D eigenvalue weighted by atomic mass is 10.0. The SMILES string of the molecule is COc1ccc(-c2cc([N+](=O)[O-])ccc2OCC(=O)c2cccc(F)c2)cc1. The standard InChI is InChI=1S/C21H16FNO5/c1-27-18-8-5-14(6-9-18)19-12-17(23(25)26)7-10-21(19)28-13-20(24)15-3-2-4-16(22)11-15/h2-12H,13H2,1H3. The molecule has 3 aromatic carbocycles. The normalized spacial score (nSPS) is 10.4. The average molecular weight is 381 g/mol. The van der Waals surface area contributed by atoms with Crippen molar-refractivity contribution >= 4 is 11.5 Å². The highest BCUT2D eigenvalue weighted by Gasteiger charge is 2.15. The quantitative estimate of drug-likeness (QED) is 0.338. The van der Waals surface area contributed by atoms with Gasteiger partial charge in [-0.05, 0) is 35.9 Å². The zero-order valence-corrected chi connectivity index (χ0v) is 14.9. The van der Waals surface area contributed by atoms with Crippen LogP contribution in [0.15, 0.2) is 66.7 Å². The van der Waals surface area contributed by atoms with E-state index in [2.05, 4.69) is 0 Å². The van der Waals surface area contributed by atoms with E-state index in [-0.39, 0.29) is 17.9 Å². The lowest BCUT2D eigenvalue weighted by molar-refractivity contribution is -0.384. The van der Waals surface area contributed by atoms with Crippen LogP contribution in [-0.2, 0) is 0 Å². The molecule has 0 aliphatic carbocycles. The van der Waals surface area contributed by atoms with Gasteiger partial charge in [0, 0.05) is 23.3 Å². The summed E-state index contributed by atoms with van der Waals surface area (Å²) in [5.41, 5.74) is 1.21. The van der Waals surface area contributed by atoms with Crippen molar-refractivity contribution in [2.45, 2.75) is 0 Å². The number of carbonyl (C=O) groups is 1. The molecule has 0 aromatic heterocycles. The second-order valence-corrected chi connectivity index (χ2v) is 5.89. The lowest BCUT2D eigenvalue weighted by Gasteiger charge is -2.12. The molecule has 0 aliphatic heterocycles. The maximum Gasteiger partial charge on any atom is 0.270 e. The molecule has 0 atom stereocenters. The summed E-state index contributed by atoms with van der Waals surface area (Å²) in [6, 6.07) is 16.3. The van der Waals surface area contributed by atoms with Crippen LogP contribution in [0.1, 0.15) is 10.4 Å². The number of carbonyl (C=O) groups excluding carboxylic acids is 1. The van der Waals surface area contributed by atoms with Crippen LogP contribution in [0.2, 0.25) is 0 Å². The van der Waals surface area contributed by atoms with Gasteiger partial charge in [-0.25, -0.2) is 4.39 Å². The molecule has 28 heavy (non-hydrogen) atoms. The second kappa shape index (κ2) is 8.30. The highest BCUT2D eigenvalue weighted by atomic mass is 19.1. The van der Waals surface area contributed by atoms with Crippen molar-refractivity contribution in [3.63, 3.8) is 0 Å². The molecule has 3 rings (SSSR count). The van der Waals surface area contributed by atoms with Gasteiger partial charge in [0.2, 0.25) is 0 Å². The maximum atomic E-state index is 13.3. The van der Waals surface area contributed by atoms with E-state index in [0.717, 1.165) is 6.07 Å². The molecule has 0 unspecified atom stereocenters. The first-order valence-electron chi connectivity index (χ1n) is 8.32. The van der Waals surface area contributed by atoms with Crippen LogP contribution in [0, 0.1) is 15.9 Å². The molecule has 0 amide bonds. The maximum absolute atomic E-state index is 13.3. The van der Waals surface area contributed by atoms with Crippen molar-refractivity contribution < 1.29 is 23.6 Å². The summed E-state index contributed by atoms with van der Waals surface area (Å²) in [7, 11) is 1.54. The van der Waals surface area contributed by atoms with Gasteiger partial charge in [0.25, 0.3) is 5.69 Å². The predicted octanol–water partition coefficient (Wildman–Crippen LogP) is 4.67. The minimum absolute atomic E-state index is 0.102. The fourth-order valence-corrected chi connectivity index (χ4v) is 2.64. The smallest absolute Gasteiger partial charge is 0.270 e. The average Bonchev–Trinajstić information content (AvgIpc) is 2.72. The number of nitro benzene ring substituents is 1. The van der Waals surface area contributed by atoms with Crippen LogP contribution in [0.3, 0.4) is 0 Å². The Kier molecular flexibility index (Phi) is 5.64. The van der Waals surface area contributed by atoms with Gasteiger partial charge >= 0.3 is 0 Å². The number of nitro groups is 1. The Bertz CT molecular complexity index is 1020. The van der Waals surface area contributed by atoms with Crippen LogP contribution in [-0.4, -0.2) is 24.4 Å². The van der Waals surface area contributed by atoms with Gasteiger partial charge in [0.15, 0.2) is 12.4 Å². The van der Waals surface area contributed by atoms with Crippen molar-refractivity contribution in [2.75, 3.05) is 13.7 Å². The van der Waals surface area contributed by atoms with Gasteiger partial charge in [0.05, 0.1) is 12.0 Å². The number of rotatable bonds is 7. The second-order valence-electron chi connectivity index (χ2n) is 5.89. The van der Waals surface area contributed by atoms with Gasteiger partial charge in [-0.3, -0.25) is 14.9 Å². The van der Waals surface area contributed by atoms with E-state index in [1.807, 2.05) is 0 Å². The predicted molar refractivity (Wildman–Crippen MR) is 101 cm³/mol. The highest BCUT2D eigenvalue weighted by Crippen LogP contribution is 2.34. The van der Waals surface area contributed by atoms with Crippen molar-refractivity contribution in [2.24, 2.45) is 0 Å². The fraction of sp³-hybridized carbons (Fsp3) is 0.0952. The van der Waals surface area contributed by atoms with Gasteiger partial charge in [0.1, 0.15) is 17.3 Å². The van der Waals surface area contributed by atoms with Crippen LogP contribution in [0.4, 0.5) is 10.1 Å². The van der Waals surface area contributed by atoms with E-state index >= 15 is 0 Å².